The van der Waals surface area contributed by atoms with Crippen molar-refractivity contribution in [3.05, 3.63) is 149 Å². The summed E-state index contributed by atoms with van der Waals surface area (Å²) in [5.41, 5.74) is 4.06. The molecule has 492 valence electrons. The monoisotopic (exact) mass is 1300 g/mol. The van der Waals surface area contributed by atoms with Crippen molar-refractivity contribution >= 4 is 87.6 Å². The van der Waals surface area contributed by atoms with Gasteiger partial charge in [0.15, 0.2) is 0 Å². The Morgan fingerprint density at radius 3 is 2.09 bits per heavy atom. The van der Waals surface area contributed by atoms with E-state index in [0.717, 1.165) is 16.7 Å². The van der Waals surface area contributed by atoms with Crippen molar-refractivity contribution in [3.8, 4) is 5.75 Å². The SMILES string of the molecule is COc1ccc(C[C@@H]2NC(=O)[C@H]([C@@H](C)OC)NC(=O)[C@@H]3CC/C=C\Cc4cccc(c4)C[C@H](NC(=O)[C@@H](C)NC(=O)[C@H](C)NC(=O)CCSCc4cccc(c4)CSCCNC(=O)[C@]4(C)CCCN4C2=O)C(=O)N[C@@H](Cc2c[nH]c4ccc(F)cc24)C(=O)N3C)cc1. The first-order chi connectivity index (χ1) is 44.1. The molecule has 1 fully saturated rings. The number of hydrogen-bond donors (Lipinski definition) is 8. The predicted molar refractivity (Wildman–Crippen MR) is 353 cm³/mol. The highest BCUT2D eigenvalue weighted by Gasteiger charge is 2.48. The summed E-state index contributed by atoms with van der Waals surface area (Å²) in [6, 6.07) is 17.6. The maximum atomic E-state index is 15.4. The number of nitrogens with one attached hydrogen (secondary N) is 8. The first kappa shape index (κ1) is 69.7. The third kappa shape index (κ3) is 18.5. The predicted octanol–water partition coefficient (Wildman–Crippen LogP) is 5.11. The molecule has 9 amide bonds. The molecule has 4 heterocycles. The topological polar surface area (TPSA) is 279 Å². The highest BCUT2D eigenvalue weighted by atomic mass is 32.2. The van der Waals surface area contributed by atoms with Crippen LogP contribution in [0.15, 0.2) is 109 Å². The van der Waals surface area contributed by atoms with E-state index < -0.39 is 101 Å². The van der Waals surface area contributed by atoms with Gasteiger partial charge in [0.25, 0.3) is 0 Å². The zero-order valence-corrected chi connectivity index (χ0v) is 54.8. The van der Waals surface area contributed by atoms with E-state index in [1.807, 2.05) is 48.6 Å². The standard InChI is InChI=1S/C68H85FN10O11S2/c1-41-60(81)73-42(2)61(82)74-54-35-46-16-11-15-44(32-46)14-9-8-10-19-57(78(5)65(86)56(75-62(54)83)36-49-38-71-53-25-22-50(69)37-52(49)53)63(84)77-59(43(3)89-6)64(85)76-55(34-45-20-23-51(90-7)24-21-45)66(87)79-29-13-27-68(79,4)67(88)70-28-31-92-40-48-18-12-17-47(33-48)39-91-30-26-58(80)72-41/h8-9,11-12,15-18,20-25,32-33,37-38,41-43,54-57,59,71H,10,13-14,19,26-31,34-36,39-40H2,1-7H3,(H,70,88)(H,72,80)(H,73,81)(H,74,82)(H,75,83)(H,76,85)(H,77,84)/b9-8-/t41-,42+,43+,54-,55-,56-,57-,59-,68-/m0/s1. The smallest absolute Gasteiger partial charge is 0.246 e. The van der Waals surface area contributed by atoms with Gasteiger partial charge in [-0.2, -0.15) is 23.5 Å². The van der Waals surface area contributed by atoms with E-state index >= 15 is 24.0 Å². The molecule has 8 N–H and O–H groups in total. The van der Waals surface area contributed by atoms with Crippen LogP contribution in [0.2, 0.25) is 0 Å². The second-order valence-electron chi connectivity index (χ2n) is 23.9. The second kappa shape index (κ2) is 32.9. The summed E-state index contributed by atoms with van der Waals surface area (Å²) in [6.45, 7) is 6.80. The summed E-state index contributed by atoms with van der Waals surface area (Å²) < 4.78 is 26.1. The Labute approximate surface area is 545 Å². The number of aromatic amines is 1. The fourth-order valence-corrected chi connectivity index (χ4v) is 13.4. The molecule has 24 heteroatoms. The maximum Gasteiger partial charge on any atom is 0.246 e. The van der Waals surface area contributed by atoms with Crippen molar-refractivity contribution in [2.24, 2.45) is 0 Å². The quantitative estimate of drug-likeness (QED) is 0.0985. The number of halogens is 1. The van der Waals surface area contributed by atoms with E-state index in [0.29, 0.717) is 82.2 Å². The van der Waals surface area contributed by atoms with Crippen LogP contribution in [0, 0.1) is 5.82 Å². The first-order valence-electron chi connectivity index (χ1n) is 31.2. The van der Waals surface area contributed by atoms with E-state index in [1.54, 1.807) is 80.0 Å². The summed E-state index contributed by atoms with van der Waals surface area (Å²) >= 11 is 3.20. The van der Waals surface area contributed by atoms with Gasteiger partial charge in [0.2, 0.25) is 53.2 Å². The van der Waals surface area contributed by atoms with E-state index in [1.165, 1.54) is 57.0 Å². The average Bonchev–Trinajstić information content (AvgIpc) is 1.59. The lowest BCUT2D eigenvalue weighted by Crippen LogP contribution is -2.63. The fraction of sp³-hybridized carbons (Fsp3) is 0.456. The highest BCUT2D eigenvalue weighted by Crippen LogP contribution is 2.31. The van der Waals surface area contributed by atoms with Crippen LogP contribution in [-0.4, -0.2) is 168 Å². The van der Waals surface area contributed by atoms with Crippen LogP contribution in [0.4, 0.5) is 4.39 Å². The molecule has 0 saturated carbocycles. The van der Waals surface area contributed by atoms with E-state index in [4.69, 9.17) is 9.47 Å². The molecule has 1 saturated heterocycles. The van der Waals surface area contributed by atoms with Gasteiger partial charge in [-0.25, -0.2) is 4.39 Å². The number of amides is 9. The van der Waals surface area contributed by atoms with Crippen molar-refractivity contribution in [1.82, 2.24) is 52.0 Å². The number of hydrogen-bond acceptors (Lipinski definition) is 13. The van der Waals surface area contributed by atoms with Crippen LogP contribution in [-0.2, 0) is 85.1 Å². The van der Waals surface area contributed by atoms with Crippen LogP contribution in [0.5, 0.6) is 5.75 Å². The van der Waals surface area contributed by atoms with Gasteiger partial charge in [-0.3, -0.25) is 43.2 Å². The summed E-state index contributed by atoms with van der Waals surface area (Å²) in [5.74, 6) is -3.33. The van der Waals surface area contributed by atoms with Crippen LogP contribution in [0.3, 0.4) is 0 Å². The minimum atomic E-state index is -1.47. The Morgan fingerprint density at radius 1 is 0.696 bits per heavy atom. The van der Waals surface area contributed by atoms with Crippen LogP contribution in [0.25, 0.3) is 10.9 Å². The summed E-state index contributed by atoms with van der Waals surface area (Å²) in [6.07, 6.45) is 5.80. The van der Waals surface area contributed by atoms with Crippen LogP contribution >= 0.6 is 23.5 Å². The third-order valence-electron chi connectivity index (χ3n) is 17.2. The second-order valence-corrected chi connectivity index (χ2v) is 26.1. The van der Waals surface area contributed by atoms with Crippen molar-refractivity contribution in [2.75, 3.05) is 45.9 Å². The summed E-state index contributed by atoms with van der Waals surface area (Å²) in [5, 5.41) is 20.3. The van der Waals surface area contributed by atoms with E-state index in [2.05, 4.69) is 48.3 Å². The number of rotatable bonds is 7. The lowest BCUT2D eigenvalue weighted by atomic mass is 9.95. The molecule has 8 rings (SSSR count). The number of aromatic nitrogens is 1. The number of fused-ring (bicyclic) bond motifs is 12. The van der Waals surface area contributed by atoms with Gasteiger partial charge in [-0.15, -0.1) is 0 Å². The number of carbonyl (C=O) groups excluding carboxylic acids is 9. The number of benzene rings is 4. The summed E-state index contributed by atoms with van der Waals surface area (Å²) in [7, 11) is 4.30. The van der Waals surface area contributed by atoms with Gasteiger partial charge in [-0.05, 0) is 124 Å². The van der Waals surface area contributed by atoms with E-state index in [9.17, 15) is 23.6 Å². The van der Waals surface area contributed by atoms with Crippen molar-refractivity contribution in [2.45, 2.75) is 151 Å². The number of allylic oxidation sites excluding steroid dienone is 2. The van der Waals surface area contributed by atoms with Gasteiger partial charge in [0.05, 0.1) is 13.2 Å². The first-order valence-corrected chi connectivity index (χ1v) is 33.5. The highest BCUT2D eigenvalue weighted by molar-refractivity contribution is 7.98. The van der Waals surface area contributed by atoms with Crippen LogP contribution < -0.4 is 42.0 Å². The van der Waals surface area contributed by atoms with Gasteiger partial charge < -0.3 is 61.5 Å². The molecule has 6 bridgehead atoms. The number of H-pyrrole nitrogens is 1. The molecule has 4 aromatic carbocycles. The van der Waals surface area contributed by atoms with Gasteiger partial charge in [-0.1, -0.05) is 72.8 Å². The molecule has 3 aliphatic heterocycles. The molecule has 9 atom stereocenters. The Kier molecular flexibility index (Phi) is 24.9. The van der Waals surface area contributed by atoms with Crippen molar-refractivity contribution in [3.63, 3.8) is 0 Å². The number of ether oxygens (including phenoxy) is 2. The fourth-order valence-electron chi connectivity index (χ4n) is 11.7. The molecule has 0 aliphatic carbocycles. The number of likely N-dealkylation sites (N-methyl/N-ethyl adjacent to an activating group) is 1. The molecule has 1 aromatic heterocycles. The number of methoxy groups -OCH3 is 2. The van der Waals surface area contributed by atoms with Gasteiger partial charge in [0, 0.05) is 93.0 Å². The lowest BCUT2D eigenvalue weighted by molar-refractivity contribution is -0.147. The number of thioether (sulfide) groups is 2. The Balaban J connectivity index is 1.14. The third-order valence-corrected chi connectivity index (χ3v) is 19.2. The maximum absolute atomic E-state index is 15.4. The molecule has 21 nitrogen and oxygen atoms in total. The van der Waals surface area contributed by atoms with E-state index in [-0.39, 0.29) is 56.9 Å². The molecule has 0 unspecified atom stereocenters. The molecule has 5 aromatic rings. The minimum Gasteiger partial charge on any atom is -0.497 e. The molecular formula is C68H85FN10O11S2. The Morgan fingerprint density at radius 2 is 1.36 bits per heavy atom. The molecule has 0 spiro atoms. The zero-order chi connectivity index (χ0) is 66.1. The lowest BCUT2D eigenvalue weighted by Gasteiger charge is -2.37. The Bertz CT molecular complexity index is 3500. The van der Waals surface area contributed by atoms with Crippen molar-refractivity contribution < 1.29 is 57.0 Å². The zero-order valence-electron chi connectivity index (χ0n) is 53.2. The van der Waals surface area contributed by atoms with Gasteiger partial charge in [0.1, 0.15) is 59.4 Å². The largest absolute Gasteiger partial charge is 0.497 e. The minimum absolute atomic E-state index is 0.00937. The molecule has 92 heavy (non-hydrogen) atoms. The van der Waals surface area contributed by atoms with Crippen molar-refractivity contribution in [1.29, 1.82) is 0 Å². The molecule has 3 aliphatic rings. The number of carbonyl (C=O) groups is 9. The average molecular weight is 1300 g/mol. The summed E-state index contributed by atoms with van der Waals surface area (Å²) in [4.78, 5) is 137. The number of nitrogens with zero attached hydrogens (tertiary/aromatic N) is 2. The Hall–Kier alpha value is -8.22. The molecular weight excluding hydrogens is 1220 g/mol. The molecule has 0 radical (unpaired) electrons. The van der Waals surface area contributed by atoms with Gasteiger partial charge >= 0.3 is 0 Å². The van der Waals surface area contributed by atoms with Crippen LogP contribution in [0.1, 0.15) is 93.2 Å². The normalized spacial score (nSPS) is 25.4.